The van der Waals surface area contributed by atoms with Gasteiger partial charge >= 0.3 is 11.7 Å². The van der Waals surface area contributed by atoms with Crippen LogP contribution in [0.15, 0.2) is 63.8 Å². The van der Waals surface area contributed by atoms with E-state index in [9.17, 15) is 14.4 Å². The van der Waals surface area contributed by atoms with Gasteiger partial charge in [0, 0.05) is 11.1 Å². The topological polar surface area (TPSA) is 91.4 Å². The highest BCUT2D eigenvalue weighted by Crippen LogP contribution is 2.19. The number of hydrogen-bond donors (Lipinski definition) is 0. The quantitative estimate of drug-likeness (QED) is 0.429. The molecule has 1 heterocycles. The SMILES string of the molecule is CC[C@@H](C)c1ccc(C(=O)COC(=O)Cn2nc(-c3ccccc3)oc2=O)cc1. The van der Waals surface area contributed by atoms with Crippen molar-refractivity contribution in [3.05, 3.63) is 76.3 Å². The summed E-state index contributed by atoms with van der Waals surface area (Å²) < 4.78 is 10.9. The summed E-state index contributed by atoms with van der Waals surface area (Å²) in [7, 11) is 0. The standard InChI is InChI=1S/C22H22N2O5/c1-3-15(2)16-9-11-17(12-10-16)19(25)14-28-20(26)13-24-22(27)29-21(23-24)18-7-5-4-6-8-18/h4-12,15H,3,13-14H2,1-2H3/t15-/m1/s1. The molecule has 0 saturated heterocycles. The Morgan fingerprint density at radius 1 is 1.10 bits per heavy atom. The van der Waals surface area contributed by atoms with Gasteiger partial charge in [-0.25, -0.2) is 4.79 Å². The van der Waals surface area contributed by atoms with Gasteiger partial charge in [-0.15, -0.1) is 5.10 Å². The van der Waals surface area contributed by atoms with Gasteiger partial charge < -0.3 is 9.15 Å². The van der Waals surface area contributed by atoms with Gasteiger partial charge in [-0.2, -0.15) is 4.68 Å². The van der Waals surface area contributed by atoms with Crippen molar-refractivity contribution in [1.82, 2.24) is 9.78 Å². The molecule has 3 rings (SSSR count). The third-order valence-electron chi connectivity index (χ3n) is 4.68. The monoisotopic (exact) mass is 394 g/mol. The highest BCUT2D eigenvalue weighted by atomic mass is 16.5. The molecule has 0 radical (unpaired) electrons. The van der Waals surface area contributed by atoms with E-state index >= 15 is 0 Å². The van der Waals surface area contributed by atoms with Gasteiger partial charge in [-0.05, 0) is 30.0 Å². The maximum Gasteiger partial charge on any atom is 0.437 e. The maximum atomic E-state index is 12.2. The largest absolute Gasteiger partial charge is 0.456 e. The van der Waals surface area contributed by atoms with E-state index in [1.54, 1.807) is 36.4 Å². The van der Waals surface area contributed by atoms with E-state index in [1.165, 1.54) is 0 Å². The van der Waals surface area contributed by atoms with Crippen molar-refractivity contribution < 1.29 is 18.7 Å². The lowest BCUT2D eigenvalue weighted by Gasteiger charge is -2.09. The Bertz CT molecular complexity index is 1040. The fraction of sp³-hybridized carbons (Fsp3) is 0.273. The van der Waals surface area contributed by atoms with E-state index in [0.29, 0.717) is 17.0 Å². The molecule has 7 nitrogen and oxygen atoms in total. The van der Waals surface area contributed by atoms with Crippen molar-refractivity contribution >= 4 is 11.8 Å². The zero-order chi connectivity index (χ0) is 20.8. The average molecular weight is 394 g/mol. The van der Waals surface area contributed by atoms with E-state index in [2.05, 4.69) is 18.9 Å². The van der Waals surface area contributed by atoms with Crippen LogP contribution in [0, 0.1) is 0 Å². The van der Waals surface area contributed by atoms with Crippen LogP contribution < -0.4 is 5.76 Å². The smallest absolute Gasteiger partial charge is 0.437 e. The Labute approximate surface area is 167 Å². The van der Waals surface area contributed by atoms with Crippen molar-refractivity contribution in [2.24, 2.45) is 0 Å². The molecular formula is C22H22N2O5. The molecular weight excluding hydrogens is 372 g/mol. The molecule has 1 aromatic heterocycles. The Balaban J connectivity index is 1.57. The second-order valence-corrected chi connectivity index (χ2v) is 6.71. The van der Waals surface area contributed by atoms with Gasteiger partial charge in [0.15, 0.2) is 12.4 Å². The second-order valence-electron chi connectivity index (χ2n) is 6.71. The normalized spacial score (nSPS) is 11.8. The molecule has 0 aliphatic carbocycles. The lowest BCUT2D eigenvalue weighted by Crippen LogP contribution is -2.24. The number of rotatable bonds is 8. The number of Topliss-reactive ketones (excluding diaryl/α,β-unsaturated/α-hetero) is 1. The van der Waals surface area contributed by atoms with Crippen LogP contribution in [0.1, 0.15) is 42.1 Å². The summed E-state index contributed by atoms with van der Waals surface area (Å²) >= 11 is 0. The molecule has 0 amide bonds. The molecule has 0 bridgehead atoms. The van der Waals surface area contributed by atoms with Crippen molar-refractivity contribution in [2.75, 3.05) is 6.61 Å². The highest BCUT2D eigenvalue weighted by molar-refractivity contribution is 5.97. The third-order valence-corrected chi connectivity index (χ3v) is 4.68. The van der Waals surface area contributed by atoms with Crippen molar-refractivity contribution in [1.29, 1.82) is 0 Å². The van der Waals surface area contributed by atoms with Crippen LogP contribution in [0.4, 0.5) is 0 Å². The molecule has 3 aromatic rings. The number of aromatic nitrogens is 2. The number of ether oxygens (including phenoxy) is 1. The fourth-order valence-electron chi connectivity index (χ4n) is 2.73. The highest BCUT2D eigenvalue weighted by Gasteiger charge is 2.16. The zero-order valence-electron chi connectivity index (χ0n) is 16.3. The summed E-state index contributed by atoms with van der Waals surface area (Å²) in [6.07, 6.45) is 1.01. The first kappa shape index (κ1) is 20.3. The van der Waals surface area contributed by atoms with E-state index in [0.717, 1.165) is 16.7 Å². The summed E-state index contributed by atoms with van der Waals surface area (Å²) in [5, 5.41) is 3.99. The van der Waals surface area contributed by atoms with Gasteiger partial charge in [0.25, 0.3) is 0 Å². The average Bonchev–Trinajstić information content (AvgIpc) is 3.12. The first-order valence-electron chi connectivity index (χ1n) is 9.40. The predicted molar refractivity (Wildman–Crippen MR) is 107 cm³/mol. The molecule has 0 aliphatic heterocycles. The first-order chi connectivity index (χ1) is 14.0. The molecule has 29 heavy (non-hydrogen) atoms. The Hall–Kier alpha value is -3.48. The van der Waals surface area contributed by atoms with Gasteiger partial charge in [-0.1, -0.05) is 56.3 Å². The molecule has 0 fully saturated rings. The van der Waals surface area contributed by atoms with Gasteiger partial charge in [0.1, 0.15) is 6.54 Å². The van der Waals surface area contributed by atoms with Gasteiger partial charge in [0.2, 0.25) is 5.89 Å². The van der Waals surface area contributed by atoms with Crippen LogP contribution in [0.3, 0.4) is 0 Å². The Morgan fingerprint density at radius 2 is 1.79 bits per heavy atom. The summed E-state index contributed by atoms with van der Waals surface area (Å²) in [5.41, 5.74) is 2.24. The molecule has 2 aromatic carbocycles. The Kier molecular flexibility index (Phi) is 6.39. The number of hydrogen-bond acceptors (Lipinski definition) is 6. The predicted octanol–water partition coefficient (Wildman–Crippen LogP) is 3.44. The summed E-state index contributed by atoms with van der Waals surface area (Å²) in [6, 6.07) is 16.1. The number of esters is 1. The maximum absolute atomic E-state index is 12.2. The van der Waals surface area contributed by atoms with E-state index in [1.807, 2.05) is 18.2 Å². The second kappa shape index (κ2) is 9.14. The summed E-state index contributed by atoms with van der Waals surface area (Å²) in [5.74, 6) is -1.30. The molecule has 0 spiro atoms. The number of carbonyl (C=O) groups is 2. The number of carbonyl (C=O) groups excluding carboxylic acids is 2. The summed E-state index contributed by atoms with van der Waals surface area (Å²) in [4.78, 5) is 36.1. The van der Waals surface area contributed by atoms with Crippen molar-refractivity contribution in [3.8, 4) is 11.5 Å². The van der Waals surface area contributed by atoms with E-state index in [4.69, 9.17) is 9.15 Å². The third kappa shape index (κ3) is 5.07. The minimum absolute atomic E-state index is 0.112. The molecule has 0 aliphatic rings. The molecule has 1 atom stereocenters. The lowest BCUT2D eigenvalue weighted by atomic mass is 9.97. The van der Waals surface area contributed by atoms with Gasteiger partial charge in [-0.3, -0.25) is 9.59 Å². The summed E-state index contributed by atoms with van der Waals surface area (Å²) in [6.45, 7) is 3.38. The van der Waals surface area contributed by atoms with Crippen LogP contribution in [-0.2, 0) is 16.1 Å². The van der Waals surface area contributed by atoms with Crippen LogP contribution in [0.5, 0.6) is 0 Å². The van der Waals surface area contributed by atoms with Gasteiger partial charge in [0.05, 0.1) is 0 Å². The van der Waals surface area contributed by atoms with Crippen LogP contribution in [0.2, 0.25) is 0 Å². The number of nitrogens with zero attached hydrogens (tertiary/aromatic N) is 2. The molecule has 0 saturated carbocycles. The van der Waals surface area contributed by atoms with Crippen molar-refractivity contribution in [2.45, 2.75) is 32.7 Å². The zero-order valence-corrected chi connectivity index (χ0v) is 16.3. The fourth-order valence-corrected chi connectivity index (χ4v) is 2.73. The minimum atomic E-state index is -0.771. The molecule has 0 unspecified atom stereocenters. The number of ketones is 1. The number of benzene rings is 2. The molecule has 150 valence electrons. The molecule has 7 heteroatoms. The first-order valence-corrected chi connectivity index (χ1v) is 9.40. The Morgan fingerprint density at radius 3 is 2.45 bits per heavy atom. The molecule has 0 N–H and O–H groups in total. The minimum Gasteiger partial charge on any atom is -0.456 e. The van der Waals surface area contributed by atoms with E-state index in [-0.39, 0.29) is 11.7 Å². The lowest BCUT2D eigenvalue weighted by molar-refractivity contribution is -0.143. The van der Waals surface area contributed by atoms with Crippen molar-refractivity contribution in [3.63, 3.8) is 0 Å². The van der Waals surface area contributed by atoms with Crippen LogP contribution in [-0.4, -0.2) is 28.1 Å². The van der Waals surface area contributed by atoms with Crippen LogP contribution in [0.25, 0.3) is 11.5 Å². The van der Waals surface area contributed by atoms with Crippen LogP contribution >= 0.6 is 0 Å². The van der Waals surface area contributed by atoms with E-state index < -0.39 is 24.9 Å².